The first-order valence-corrected chi connectivity index (χ1v) is 3.37. The first-order chi connectivity index (χ1) is 2.89. The Labute approximate surface area is 40.1 Å². The van der Waals surface area contributed by atoms with Crippen LogP contribution in [0.4, 0.5) is 0 Å². The van der Waals surface area contributed by atoms with E-state index in [9.17, 15) is 0 Å². The van der Waals surface area contributed by atoms with Crippen molar-refractivity contribution >= 4 is 9.92 Å². The van der Waals surface area contributed by atoms with Gasteiger partial charge in [0.15, 0.2) is 0 Å². The van der Waals surface area contributed by atoms with E-state index in [1.807, 2.05) is 0 Å². The molecule has 0 saturated carbocycles. The largest absolute Gasteiger partial charge is 0.407 e. The zero-order valence-corrected chi connectivity index (χ0v) is 5.39. The lowest BCUT2D eigenvalue weighted by Gasteiger charge is -1.97. The standard InChI is InChI=1S/C3H9NOSi/c1-4-2-3-5-6-4/h2-3,6H2,1H3. The average Bonchev–Trinajstić information content (AvgIpc) is 1.86. The van der Waals surface area contributed by atoms with Crippen LogP contribution in [0.15, 0.2) is 0 Å². The van der Waals surface area contributed by atoms with Crippen molar-refractivity contribution in [1.29, 1.82) is 0 Å². The smallest absolute Gasteiger partial charge is 0.238 e. The molecule has 6 heavy (non-hydrogen) atoms. The van der Waals surface area contributed by atoms with Gasteiger partial charge in [-0.3, -0.25) is 0 Å². The van der Waals surface area contributed by atoms with Crippen LogP contribution in [0.5, 0.6) is 0 Å². The number of rotatable bonds is 0. The molecular weight excluding hydrogens is 94.1 g/mol. The minimum absolute atomic E-state index is 0.199. The zero-order valence-electron chi connectivity index (χ0n) is 3.98. The van der Waals surface area contributed by atoms with E-state index < -0.39 is 0 Å². The molecule has 0 spiro atoms. The van der Waals surface area contributed by atoms with Gasteiger partial charge in [-0.05, 0) is 7.05 Å². The van der Waals surface area contributed by atoms with Crippen LogP contribution < -0.4 is 0 Å². The fraction of sp³-hybridized carbons (Fsp3) is 1.00. The van der Waals surface area contributed by atoms with Crippen LogP contribution in [0.25, 0.3) is 0 Å². The van der Waals surface area contributed by atoms with Gasteiger partial charge in [0.2, 0.25) is 9.92 Å². The van der Waals surface area contributed by atoms with Crippen LogP contribution >= 0.6 is 0 Å². The molecular formula is C3H9NOSi. The fourth-order valence-corrected chi connectivity index (χ4v) is 1.33. The minimum Gasteiger partial charge on any atom is -0.407 e. The third kappa shape index (κ3) is 0.799. The van der Waals surface area contributed by atoms with Gasteiger partial charge in [-0.1, -0.05) is 0 Å². The van der Waals surface area contributed by atoms with Gasteiger partial charge >= 0.3 is 0 Å². The summed E-state index contributed by atoms with van der Waals surface area (Å²) in [5.41, 5.74) is 0. The summed E-state index contributed by atoms with van der Waals surface area (Å²) in [7, 11) is 1.91. The monoisotopic (exact) mass is 103 g/mol. The van der Waals surface area contributed by atoms with Crippen molar-refractivity contribution in [3.63, 3.8) is 0 Å². The van der Waals surface area contributed by atoms with Crippen molar-refractivity contribution in [3.05, 3.63) is 0 Å². The van der Waals surface area contributed by atoms with E-state index in [0.29, 0.717) is 0 Å². The lowest BCUT2D eigenvalue weighted by Crippen LogP contribution is -2.15. The third-order valence-corrected chi connectivity index (χ3v) is 2.16. The van der Waals surface area contributed by atoms with E-state index in [0.717, 1.165) is 13.2 Å². The van der Waals surface area contributed by atoms with Gasteiger partial charge in [0.1, 0.15) is 0 Å². The van der Waals surface area contributed by atoms with Crippen molar-refractivity contribution in [2.45, 2.75) is 0 Å². The molecule has 0 bridgehead atoms. The predicted molar refractivity (Wildman–Crippen MR) is 27.1 cm³/mol. The van der Waals surface area contributed by atoms with Crippen molar-refractivity contribution < 1.29 is 4.43 Å². The van der Waals surface area contributed by atoms with Gasteiger partial charge in [0, 0.05) is 13.2 Å². The normalized spacial score (nSPS) is 29.5. The number of hydrogen-bond acceptors (Lipinski definition) is 2. The summed E-state index contributed by atoms with van der Waals surface area (Å²) < 4.78 is 7.40. The number of nitrogens with zero attached hydrogens (tertiary/aromatic N) is 1. The van der Waals surface area contributed by atoms with Crippen molar-refractivity contribution in [2.75, 3.05) is 20.2 Å². The molecule has 1 heterocycles. The van der Waals surface area contributed by atoms with Crippen LogP contribution in [0.3, 0.4) is 0 Å². The van der Waals surface area contributed by atoms with Gasteiger partial charge < -0.3 is 8.99 Å². The Hall–Kier alpha value is 0.137. The lowest BCUT2D eigenvalue weighted by atomic mass is 10.7. The molecule has 3 heteroatoms. The second-order valence-electron chi connectivity index (χ2n) is 1.62. The summed E-state index contributed by atoms with van der Waals surface area (Å²) >= 11 is 0. The summed E-state index contributed by atoms with van der Waals surface area (Å²) in [6.07, 6.45) is 0. The Kier molecular flexibility index (Phi) is 1.24. The highest BCUT2D eigenvalue weighted by Gasteiger charge is 2.04. The van der Waals surface area contributed by atoms with Crippen molar-refractivity contribution in [2.24, 2.45) is 0 Å². The van der Waals surface area contributed by atoms with Crippen LogP contribution in [0.2, 0.25) is 0 Å². The molecule has 0 radical (unpaired) electrons. The zero-order chi connectivity index (χ0) is 4.41. The Morgan fingerprint density at radius 2 is 2.67 bits per heavy atom. The number of likely N-dealkylation sites (N-methyl/N-ethyl adjacent to an activating group) is 1. The van der Waals surface area contributed by atoms with Crippen molar-refractivity contribution in [3.8, 4) is 0 Å². The molecule has 0 aromatic carbocycles. The average molecular weight is 103 g/mol. The van der Waals surface area contributed by atoms with E-state index in [1.165, 1.54) is 0 Å². The molecule has 0 aromatic heterocycles. The summed E-state index contributed by atoms with van der Waals surface area (Å²) in [6.45, 7) is 2.13. The highest BCUT2D eigenvalue weighted by Crippen LogP contribution is 1.88. The maximum absolute atomic E-state index is 5.12. The Morgan fingerprint density at radius 1 is 1.83 bits per heavy atom. The first kappa shape index (κ1) is 4.30. The Morgan fingerprint density at radius 3 is 2.83 bits per heavy atom. The topological polar surface area (TPSA) is 12.5 Å². The van der Waals surface area contributed by atoms with E-state index in [2.05, 4.69) is 11.6 Å². The van der Waals surface area contributed by atoms with Crippen LogP contribution in [0, 0.1) is 0 Å². The molecule has 0 aromatic rings. The fourth-order valence-electron chi connectivity index (χ4n) is 0.505. The molecule has 0 unspecified atom stereocenters. The van der Waals surface area contributed by atoms with Gasteiger partial charge in [-0.25, -0.2) is 0 Å². The molecule has 2 nitrogen and oxygen atoms in total. The van der Waals surface area contributed by atoms with Gasteiger partial charge in [-0.15, -0.1) is 0 Å². The van der Waals surface area contributed by atoms with Crippen LogP contribution in [-0.4, -0.2) is 34.7 Å². The van der Waals surface area contributed by atoms with Gasteiger partial charge in [-0.2, -0.15) is 0 Å². The van der Waals surface area contributed by atoms with Crippen molar-refractivity contribution in [1.82, 2.24) is 4.57 Å². The van der Waals surface area contributed by atoms with E-state index >= 15 is 0 Å². The summed E-state index contributed by atoms with van der Waals surface area (Å²) in [5, 5.41) is 0. The second kappa shape index (κ2) is 1.73. The highest BCUT2D eigenvalue weighted by molar-refractivity contribution is 6.24. The first-order valence-electron chi connectivity index (χ1n) is 2.16. The molecule has 0 N–H and O–H groups in total. The Balaban J connectivity index is 2.18. The number of hydrogen-bond donors (Lipinski definition) is 0. The third-order valence-electron chi connectivity index (χ3n) is 0.929. The summed E-state index contributed by atoms with van der Waals surface area (Å²) in [6, 6.07) is 0. The molecule has 36 valence electrons. The maximum Gasteiger partial charge on any atom is 0.238 e. The van der Waals surface area contributed by atoms with E-state index in [-0.39, 0.29) is 9.92 Å². The van der Waals surface area contributed by atoms with Gasteiger partial charge in [0.25, 0.3) is 0 Å². The summed E-state index contributed by atoms with van der Waals surface area (Å²) in [5.74, 6) is 0. The molecule has 1 rings (SSSR count). The highest BCUT2D eigenvalue weighted by atomic mass is 28.2. The Bertz CT molecular complexity index is 44.1. The van der Waals surface area contributed by atoms with Gasteiger partial charge in [0.05, 0.1) is 0 Å². The molecule has 1 saturated heterocycles. The van der Waals surface area contributed by atoms with Crippen LogP contribution in [-0.2, 0) is 4.43 Å². The van der Waals surface area contributed by atoms with E-state index in [1.54, 1.807) is 0 Å². The molecule has 0 amide bonds. The lowest BCUT2D eigenvalue weighted by molar-refractivity contribution is 0.383. The second-order valence-corrected chi connectivity index (χ2v) is 3.36. The maximum atomic E-state index is 5.12. The summed E-state index contributed by atoms with van der Waals surface area (Å²) in [4.78, 5) is 0. The van der Waals surface area contributed by atoms with E-state index in [4.69, 9.17) is 4.43 Å². The minimum atomic E-state index is -0.199. The molecule has 1 aliphatic heterocycles. The van der Waals surface area contributed by atoms with Crippen LogP contribution in [0.1, 0.15) is 0 Å². The SMILES string of the molecule is CN1CCO[SiH2]1. The molecule has 0 atom stereocenters. The quantitative estimate of drug-likeness (QED) is 0.363. The predicted octanol–water partition coefficient (Wildman–Crippen LogP) is -1.05. The molecule has 1 fully saturated rings. The molecule has 1 aliphatic rings. The molecule has 0 aliphatic carbocycles.